The standard InChI is InChI=1S/C43H55BrN4O6/c1-9-51-41(49)40-33(22-16-26-52-37-23-14-18-30-17-10-11-19-31(30)37)32-20-15-21-34(38-35(28-53-29(2)3)45-47(8)36(38)27-44)39(32)48(40)25-13-12-24-46(7)42(50)54-43(4,5)6/h10-11,14-15,17-21,23,29H,9,12-13,16,22,24-28H2,1-8H3. The van der Waals surface area contributed by atoms with Crippen molar-refractivity contribution < 1.29 is 28.5 Å². The minimum atomic E-state index is -0.573. The third kappa shape index (κ3) is 9.65. The predicted molar refractivity (Wildman–Crippen MR) is 219 cm³/mol. The van der Waals surface area contributed by atoms with Gasteiger partial charge in [-0.15, -0.1) is 0 Å². The Labute approximate surface area is 327 Å². The number of aromatic nitrogens is 3. The summed E-state index contributed by atoms with van der Waals surface area (Å²) in [6, 6.07) is 20.6. The fraction of sp³-hybridized carbons (Fsp3) is 0.465. The summed E-state index contributed by atoms with van der Waals surface area (Å²) in [4.78, 5) is 28.4. The minimum Gasteiger partial charge on any atom is -0.493 e. The number of hydrogen-bond donors (Lipinski definition) is 0. The van der Waals surface area contributed by atoms with Gasteiger partial charge in [0.25, 0.3) is 0 Å². The van der Waals surface area contributed by atoms with Gasteiger partial charge in [0, 0.05) is 54.4 Å². The molecule has 0 aliphatic heterocycles. The molecule has 2 heterocycles. The number of benzene rings is 3. The fourth-order valence-corrected chi connectivity index (χ4v) is 7.47. The number of fused-ring (bicyclic) bond motifs is 2. The van der Waals surface area contributed by atoms with Gasteiger partial charge in [-0.1, -0.05) is 70.5 Å². The van der Waals surface area contributed by atoms with E-state index >= 15 is 0 Å². The summed E-state index contributed by atoms with van der Waals surface area (Å²) >= 11 is 3.73. The molecular formula is C43H55BrN4O6. The predicted octanol–water partition coefficient (Wildman–Crippen LogP) is 9.85. The van der Waals surface area contributed by atoms with Crippen LogP contribution >= 0.6 is 15.9 Å². The van der Waals surface area contributed by atoms with Gasteiger partial charge in [-0.2, -0.15) is 5.10 Å². The van der Waals surface area contributed by atoms with E-state index in [2.05, 4.69) is 56.9 Å². The second-order valence-corrected chi connectivity index (χ2v) is 15.4. The lowest BCUT2D eigenvalue weighted by atomic mass is 9.98. The zero-order valence-electron chi connectivity index (χ0n) is 33.0. The Bertz CT molecular complexity index is 2060. The summed E-state index contributed by atoms with van der Waals surface area (Å²) in [5.41, 5.74) is 5.68. The molecule has 3 aromatic carbocycles. The molecule has 5 rings (SSSR count). The molecule has 0 saturated carbocycles. The number of esters is 1. The zero-order valence-corrected chi connectivity index (χ0v) is 34.6. The van der Waals surface area contributed by atoms with Crippen molar-refractivity contribution in [3.63, 3.8) is 0 Å². The summed E-state index contributed by atoms with van der Waals surface area (Å²) in [6.07, 6.45) is 2.39. The Morgan fingerprint density at radius 1 is 0.963 bits per heavy atom. The summed E-state index contributed by atoms with van der Waals surface area (Å²) < 4.78 is 27.8. The molecule has 54 heavy (non-hydrogen) atoms. The molecule has 11 heteroatoms. The van der Waals surface area contributed by atoms with Crippen LogP contribution in [-0.2, 0) is 46.2 Å². The van der Waals surface area contributed by atoms with Crippen LogP contribution in [0.25, 0.3) is 32.8 Å². The van der Waals surface area contributed by atoms with Crippen molar-refractivity contribution in [2.75, 3.05) is 26.8 Å². The molecule has 0 aliphatic rings. The summed E-state index contributed by atoms with van der Waals surface area (Å²) in [5, 5.41) is 8.68. The van der Waals surface area contributed by atoms with E-state index in [1.807, 2.05) is 77.5 Å². The highest BCUT2D eigenvalue weighted by atomic mass is 79.9. The van der Waals surface area contributed by atoms with E-state index in [9.17, 15) is 9.59 Å². The van der Waals surface area contributed by atoms with Crippen LogP contribution in [0.2, 0.25) is 0 Å². The number of unbranched alkanes of at least 4 members (excludes halogenated alkanes) is 1. The SMILES string of the molecule is CCOC(=O)c1c(CCCOc2cccc3ccccc23)c2cccc(-c3c(COC(C)C)nn(C)c3CBr)c2n1CCCCN(C)C(=O)OC(C)(C)C. The maximum Gasteiger partial charge on any atom is 0.410 e. The number of amides is 1. The fourth-order valence-electron chi connectivity index (χ4n) is 6.82. The van der Waals surface area contributed by atoms with Crippen molar-refractivity contribution in [3.8, 4) is 16.9 Å². The number of ether oxygens (including phenoxy) is 4. The Morgan fingerprint density at radius 3 is 2.41 bits per heavy atom. The number of para-hydroxylation sites is 1. The number of halogens is 1. The van der Waals surface area contributed by atoms with E-state index in [4.69, 9.17) is 24.0 Å². The second kappa shape index (κ2) is 18.3. The van der Waals surface area contributed by atoms with E-state index in [1.54, 1.807) is 11.9 Å². The molecule has 0 aliphatic carbocycles. The molecule has 0 saturated heterocycles. The average molecular weight is 804 g/mol. The molecule has 0 bridgehead atoms. The Balaban J connectivity index is 1.55. The first-order valence-electron chi connectivity index (χ1n) is 18.9. The maximum absolute atomic E-state index is 14.1. The first kappa shape index (κ1) is 40.8. The highest BCUT2D eigenvalue weighted by molar-refractivity contribution is 9.08. The molecule has 0 atom stereocenters. The minimum absolute atomic E-state index is 0.0313. The first-order valence-corrected chi connectivity index (χ1v) is 20.0. The number of rotatable bonds is 17. The third-order valence-corrected chi connectivity index (χ3v) is 9.78. The third-order valence-electron chi connectivity index (χ3n) is 9.25. The molecule has 5 aromatic rings. The Morgan fingerprint density at radius 2 is 1.69 bits per heavy atom. The summed E-state index contributed by atoms with van der Waals surface area (Å²) in [5.74, 6) is 0.487. The van der Waals surface area contributed by atoms with E-state index in [1.165, 1.54) is 0 Å². The number of carbonyl (C=O) groups excluding carboxylic acids is 2. The maximum atomic E-state index is 14.1. The van der Waals surface area contributed by atoms with Crippen molar-refractivity contribution in [2.45, 2.75) is 97.4 Å². The smallest absolute Gasteiger partial charge is 0.410 e. The van der Waals surface area contributed by atoms with Crippen LogP contribution in [0.5, 0.6) is 5.75 Å². The molecular weight excluding hydrogens is 748 g/mol. The Hall–Kier alpha value is -4.35. The number of carbonyl (C=O) groups is 2. The molecule has 290 valence electrons. The van der Waals surface area contributed by atoms with Gasteiger partial charge >= 0.3 is 12.1 Å². The molecule has 0 radical (unpaired) electrons. The van der Waals surface area contributed by atoms with Crippen molar-refractivity contribution in [2.24, 2.45) is 7.05 Å². The van der Waals surface area contributed by atoms with Crippen LogP contribution in [-0.4, -0.2) is 69.8 Å². The van der Waals surface area contributed by atoms with Crippen LogP contribution in [0, 0.1) is 0 Å². The van der Waals surface area contributed by atoms with Crippen LogP contribution in [0.1, 0.15) is 88.2 Å². The number of alkyl halides is 1. The van der Waals surface area contributed by atoms with Crippen molar-refractivity contribution in [1.82, 2.24) is 19.2 Å². The lowest BCUT2D eigenvalue weighted by molar-refractivity contribution is 0.0295. The van der Waals surface area contributed by atoms with Crippen LogP contribution < -0.4 is 4.74 Å². The molecule has 0 fully saturated rings. The molecule has 0 unspecified atom stereocenters. The van der Waals surface area contributed by atoms with E-state index in [-0.39, 0.29) is 24.8 Å². The van der Waals surface area contributed by atoms with E-state index in [0.29, 0.717) is 63.0 Å². The van der Waals surface area contributed by atoms with Gasteiger partial charge in [0.2, 0.25) is 0 Å². The summed E-state index contributed by atoms with van der Waals surface area (Å²) in [7, 11) is 3.70. The largest absolute Gasteiger partial charge is 0.493 e. The van der Waals surface area contributed by atoms with Gasteiger partial charge in [0.1, 0.15) is 17.0 Å². The lowest BCUT2D eigenvalue weighted by Crippen LogP contribution is -2.34. The van der Waals surface area contributed by atoms with Gasteiger partial charge in [0.15, 0.2) is 0 Å². The van der Waals surface area contributed by atoms with Crippen molar-refractivity contribution >= 4 is 49.7 Å². The number of hydrogen-bond acceptors (Lipinski definition) is 7. The number of nitrogens with zero attached hydrogens (tertiary/aromatic N) is 4. The lowest BCUT2D eigenvalue weighted by Gasteiger charge is -2.24. The van der Waals surface area contributed by atoms with Crippen molar-refractivity contribution in [3.05, 3.63) is 83.3 Å². The zero-order chi connectivity index (χ0) is 39.0. The van der Waals surface area contributed by atoms with Crippen LogP contribution in [0.4, 0.5) is 4.79 Å². The molecule has 0 spiro atoms. The van der Waals surface area contributed by atoms with Crippen molar-refractivity contribution in [1.29, 1.82) is 0 Å². The number of aryl methyl sites for hydroxylation is 3. The Kier molecular flexibility index (Phi) is 13.9. The quantitative estimate of drug-likeness (QED) is 0.0525. The van der Waals surface area contributed by atoms with E-state index in [0.717, 1.165) is 55.5 Å². The molecule has 2 aromatic heterocycles. The van der Waals surface area contributed by atoms with Gasteiger partial charge in [-0.25, -0.2) is 9.59 Å². The van der Waals surface area contributed by atoms with E-state index < -0.39 is 5.60 Å². The second-order valence-electron chi connectivity index (χ2n) is 14.8. The first-order chi connectivity index (χ1) is 25.8. The van der Waals surface area contributed by atoms with Crippen LogP contribution in [0.15, 0.2) is 60.7 Å². The highest BCUT2D eigenvalue weighted by Crippen LogP contribution is 2.39. The highest BCUT2D eigenvalue weighted by Gasteiger charge is 2.28. The normalized spacial score (nSPS) is 11.8. The summed E-state index contributed by atoms with van der Waals surface area (Å²) in [6.45, 7) is 13.6. The molecule has 10 nitrogen and oxygen atoms in total. The topological polar surface area (TPSA) is 97.0 Å². The van der Waals surface area contributed by atoms with Crippen LogP contribution in [0.3, 0.4) is 0 Å². The van der Waals surface area contributed by atoms with Gasteiger partial charge in [-0.05, 0) is 84.2 Å². The van der Waals surface area contributed by atoms with Gasteiger partial charge < -0.3 is 28.4 Å². The monoisotopic (exact) mass is 802 g/mol. The van der Waals surface area contributed by atoms with Gasteiger partial charge in [0.05, 0.1) is 42.8 Å². The van der Waals surface area contributed by atoms with Gasteiger partial charge in [-0.3, -0.25) is 4.68 Å². The average Bonchev–Trinajstić information content (AvgIpc) is 3.63. The molecule has 0 N–H and O–H groups in total. The molecule has 1 amide bonds.